The van der Waals surface area contributed by atoms with E-state index in [1.807, 2.05) is 17.1 Å². The van der Waals surface area contributed by atoms with Gasteiger partial charge in [0.15, 0.2) is 5.75 Å². The monoisotopic (exact) mass is 554 g/mol. The standard InChI is InChI=1S/C18H16Br2N6O3S/c1-24(2)30(27,28)29-18-16(19)7-14(8-17(18)20)10-26(25-11-22-23-12-25)15-5-3-13(9-21)4-6-15/h3-8,11-12H,10H2,1-2H3. The van der Waals surface area contributed by atoms with Gasteiger partial charge in [0.1, 0.15) is 12.7 Å². The van der Waals surface area contributed by atoms with E-state index < -0.39 is 10.3 Å². The van der Waals surface area contributed by atoms with Crippen molar-refractivity contribution in [1.29, 1.82) is 5.26 Å². The van der Waals surface area contributed by atoms with Crippen molar-refractivity contribution in [2.45, 2.75) is 6.54 Å². The first-order valence-corrected chi connectivity index (χ1v) is 11.4. The zero-order valence-electron chi connectivity index (χ0n) is 15.9. The molecule has 0 fully saturated rings. The van der Waals surface area contributed by atoms with Crippen LogP contribution in [0.15, 0.2) is 58.0 Å². The molecule has 0 saturated carbocycles. The Bertz CT molecular complexity index is 1150. The maximum atomic E-state index is 12.1. The van der Waals surface area contributed by atoms with Gasteiger partial charge in [-0.15, -0.1) is 10.2 Å². The van der Waals surface area contributed by atoms with E-state index in [1.165, 1.54) is 14.1 Å². The topological polar surface area (TPSA) is 104 Å². The lowest BCUT2D eigenvalue weighted by Crippen LogP contribution is -2.28. The van der Waals surface area contributed by atoms with Gasteiger partial charge in [-0.3, -0.25) is 5.01 Å². The highest BCUT2D eigenvalue weighted by Gasteiger charge is 2.21. The molecule has 3 rings (SSSR count). The molecular weight excluding hydrogens is 540 g/mol. The van der Waals surface area contributed by atoms with Crippen molar-refractivity contribution in [3.05, 3.63) is 69.1 Å². The van der Waals surface area contributed by atoms with Gasteiger partial charge in [0.05, 0.1) is 32.8 Å². The molecule has 0 N–H and O–H groups in total. The second kappa shape index (κ2) is 9.13. The summed E-state index contributed by atoms with van der Waals surface area (Å²) in [5.41, 5.74) is 2.22. The first-order chi connectivity index (χ1) is 14.2. The predicted molar refractivity (Wildman–Crippen MR) is 118 cm³/mol. The number of hydrogen-bond donors (Lipinski definition) is 0. The summed E-state index contributed by atoms with van der Waals surface area (Å²) < 4.78 is 33.0. The van der Waals surface area contributed by atoms with Gasteiger partial charge < -0.3 is 4.18 Å². The van der Waals surface area contributed by atoms with Crippen molar-refractivity contribution >= 4 is 47.9 Å². The predicted octanol–water partition coefficient (Wildman–Crippen LogP) is 3.33. The van der Waals surface area contributed by atoms with Crippen molar-refractivity contribution in [2.24, 2.45) is 0 Å². The smallest absolute Gasteiger partial charge is 0.368 e. The lowest BCUT2D eigenvalue weighted by molar-refractivity contribution is 0.419. The van der Waals surface area contributed by atoms with E-state index in [1.54, 1.807) is 41.6 Å². The quantitative estimate of drug-likeness (QED) is 0.440. The molecule has 0 amide bonds. The zero-order valence-corrected chi connectivity index (χ0v) is 19.9. The Balaban J connectivity index is 1.94. The molecule has 9 nitrogen and oxygen atoms in total. The van der Waals surface area contributed by atoms with Crippen molar-refractivity contribution in [1.82, 2.24) is 19.2 Å². The molecule has 0 spiro atoms. The Hall–Kier alpha value is -2.46. The van der Waals surface area contributed by atoms with E-state index in [9.17, 15) is 8.42 Å². The molecule has 0 aliphatic heterocycles. The van der Waals surface area contributed by atoms with Crippen LogP contribution in [-0.2, 0) is 16.8 Å². The minimum Gasteiger partial charge on any atom is -0.368 e. The first-order valence-electron chi connectivity index (χ1n) is 8.43. The summed E-state index contributed by atoms with van der Waals surface area (Å²) in [6.45, 7) is 0.405. The van der Waals surface area contributed by atoms with Gasteiger partial charge in [0, 0.05) is 14.1 Å². The normalized spacial score (nSPS) is 11.3. The van der Waals surface area contributed by atoms with Crippen LogP contribution >= 0.6 is 31.9 Å². The summed E-state index contributed by atoms with van der Waals surface area (Å²) in [5.74, 6) is 0.154. The van der Waals surface area contributed by atoms with Gasteiger partial charge in [-0.05, 0) is 73.8 Å². The number of rotatable bonds is 7. The van der Waals surface area contributed by atoms with Gasteiger partial charge in [0.2, 0.25) is 0 Å². The van der Waals surface area contributed by atoms with Crippen LogP contribution in [0.25, 0.3) is 0 Å². The number of nitrogens with zero attached hydrogens (tertiary/aromatic N) is 6. The van der Waals surface area contributed by atoms with E-state index in [-0.39, 0.29) is 5.75 Å². The highest BCUT2D eigenvalue weighted by molar-refractivity contribution is 9.11. The minimum absolute atomic E-state index is 0.154. The molecule has 0 unspecified atom stereocenters. The number of hydrogen-bond acceptors (Lipinski definition) is 7. The maximum absolute atomic E-state index is 12.1. The fraction of sp³-hybridized carbons (Fsp3) is 0.167. The lowest BCUT2D eigenvalue weighted by Gasteiger charge is -2.25. The van der Waals surface area contributed by atoms with Crippen LogP contribution in [0.1, 0.15) is 11.1 Å². The summed E-state index contributed by atoms with van der Waals surface area (Å²) in [6.07, 6.45) is 3.12. The lowest BCUT2D eigenvalue weighted by atomic mass is 10.2. The molecule has 1 aromatic heterocycles. The summed E-state index contributed by atoms with van der Waals surface area (Å²) in [7, 11) is -1.12. The van der Waals surface area contributed by atoms with E-state index in [4.69, 9.17) is 9.44 Å². The van der Waals surface area contributed by atoms with E-state index >= 15 is 0 Å². The SMILES string of the molecule is CN(C)S(=O)(=O)Oc1c(Br)cc(CN(c2ccc(C#N)cc2)n2cnnc2)cc1Br. The molecule has 12 heteroatoms. The maximum Gasteiger partial charge on any atom is 0.384 e. The largest absolute Gasteiger partial charge is 0.384 e. The molecular formula is C18H16Br2N6O3S. The Morgan fingerprint density at radius 3 is 2.17 bits per heavy atom. The molecule has 0 saturated heterocycles. The fourth-order valence-corrected chi connectivity index (χ4v) is 4.67. The highest BCUT2D eigenvalue weighted by atomic mass is 79.9. The molecule has 30 heavy (non-hydrogen) atoms. The van der Waals surface area contributed by atoms with Crippen LogP contribution < -0.4 is 9.19 Å². The van der Waals surface area contributed by atoms with Crippen LogP contribution in [0.4, 0.5) is 5.69 Å². The molecule has 3 aromatic rings. The van der Waals surface area contributed by atoms with Crippen LogP contribution in [0, 0.1) is 11.3 Å². The highest BCUT2D eigenvalue weighted by Crippen LogP contribution is 2.36. The summed E-state index contributed by atoms with van der Waals surface area (Å²) in [5, 5.41) is 18.6. The van der Waals surface area contributed by atoms with Crippen molar-refractivity contribution in [3.63, 3.8) is 0 Å². The Morgan fingerprint density at radius 2 is 1.67 bits per heavy atom. The number of anilines is 1. The van der Waals surface area contributed by atoms with E-state index in [0.29, 0.717) is 21.1 Å². The number of aromatic nitrogens is 3. The van der Waals surface area contributed by atoms with Gasteiger partial charge in [-0.25, -0.2) is 4.68 Å². The van der Waals surface area contributed by atoms with Crippen molar-refractivity contribution in [2.75, 3.05) is 19.1 Å². The molecule has 0 aliphatic carbocycles. The van der Waals surface area contributed by atoms with Gasteiger partial charge in [-0.2, -0.15) is 18.0 Å². The average molecular weight is 556 g/mol. The van der Waals surface area contributed by atoms with E-state index in [2.05, 4.69) is 48.1 Å². The second-order valence-corrected chi connectivity index (χ2v) is 9.73. The minimum atomic E-state index is -3.90. The molecule has 156 valence electrons. The van der Waals surface area contributed by atoms with Crippen LogP contribution in [0.5, 0.6) is 5.75 Å². The average Bonchev–Trinajstić information content (AvgIpc) is 3.23. The molecule has 0 atom stereocenters. The van der Waals surface area contributed by atoms with Crippen molar-refractivity contribution < 1.29 is 12.6 Å². The Labute approximate surface area is 191 Å². The third-order valence-corrected chi connectivity index (χ3v) is 6.46. The van der Waals surface area contributed by atoms with E-state index in [0.717, 1.165) is 15.6 Å². The summed E-state index contributed by atoms with van der Waals surface area (Å²) >= 11 is 6.78. The Kier molecular flexibility index (Phi) is 6.77. The summed E-state index contributed by atoms with van der Waals surface area (Å²) in [4.78, 5) is 0. The van der Waals surface area contributed by atoms with Gasteiger partial charge in [-0.1, -0.05) is 0 Å². The van der Waals surface area contributed by atoms with Gasteiger partial charge in [0.25, 0.3) is 0 Å². The number of nitriles is 1. The first kappa shape index (κ1) is 22.2. The van der Waals surface area contributed by atoms with Crippen LogP contribution in [0.2, 0.25) is 0 Å². The van der Waals surface area contributed by atoms with Crippen molar-refractivity contribution in [3.8, 4) is 11.8 Å². The molecule has 0 bridgehead atoms. The summed E-state index contributed by atoms with van der Waals surface area (Å²) in [6, 6.07) is 12.7. The van der Waals surface area contributed by atoms with Crippen LogP contribution in [0.3, 0.4) is 0 Å². The molecule has 0 radical (unpaired) electrons. The molecule has 0 aliphatic rings. The second-order valence-electron chi connectivity index (χ2n) is 6.27. The fourth-order valence-electron chi connectivity index (χ4n) is 2.47. The van der Waals surface area contributed by atoms with Crippen LogP contribution in [-0.4, -0.2) is 41.7 Å². The third-order valence-electron chi connectivity index (χ3n) is 4.01. The third kappa shape index (κ3) is 4.99. The molecule has 2 aromatic carbocycles. The molecule has 1 heterocycles. The number of halogens is 2. The van der Waals surface area contributed by atoms with Gasteiger partial charge >= 0.3 is 10.3 Å². The Morgan fingerprint density at radius 1 is 1.10 bits per heavy atom. The number of benzene rings is 2. The zero-order chi connectivity index (χ0) is 21.9.